The van der Waals surface area contributed by atoms with Crippen molar-refractivity contribution in [3.8, 4) is 0 Å². The Bertz CT molecular complexity index is 1130. The van der Waals surface area contributed by atoms with Crippen LogP contribution in [0.25, 0.3) is 6.08 Å². The van der Waals surface area contributed by atoms with E-state index in [0.717, 1.165) is 43.0 Å². The second-order valence-electron chi connectivity index (χ2n) is 11.9. The number of hydrogen-bond donors (Lipinski definition) is 1. The van der Waals surface area contributed by atoms with E-state index in [-0.39, 0.29) is 24.3 Å². The predicted molar refractivity (Wildman–Crippen MR) is 165 cm³/mol. The van der Waals surface area contributed by atoms with Gasteiger partial charge in [-0.3, -0.25) is 4.79 Å². The maximum absolute atomic E-state index is 13.0. The van der Waals surface area contributed by atoms with Crippen LogP contribution in [-0.4, -0.2) is 105 Å². The molecule has 1 aromatic carbocycles. The number of carbonyl (C=O) groups is 2. The third-order valence-corrected chi connectivity index (χ3v) is 8.60. The van der Waals surface area contributed by atoms with Gasteiger partial charge >= 0.3 is 12.1 Å². The number of benzene rings is 1. The van der Waals surface area contributed by atoms with Crippen molar-refractivity contribution in [1.82, 2.24) is 9.80 Å². The second-order valence-corrected chi connectivity index (χ2v) is 12.4. The number of likely N-dealkylation sites (N-methyl/N-ethyl adjacent to an activating group) is 1. The fraction of sp³-hybridized carbons (Fsp3) is 0.625. The van der Waals surface area contributed by atoms with Crippen LogP contribution in [0.1, 0.15) is 45.6 Å². The van der Waals surface area contributed by atoms with Crippen molar-refractivity contribution < 1.29 is 28.9 Å². The van der Waals surface area contributed by atoms with Gasteiger partial charge in [-0.1, -0.05) is 37.6 Å². The molecule has 3 aliphatic rings. The molecule has 9 nitrogen and oxygen atoms in total. The molecule has 4 rings (SSSR count). The van der Waals surface area contributed by atoms with Gasteiger partial charge in [0.1, 0.15) is 12.2 Å². The van der Waals surface area contributed by atoms with Crippen LogP contribution in [0.2, 0.25) is 5.02 Å². The first-order chi connectivity index (χ1) is 20.1. The summed E-state index contributed by atoms with van der Waals surface area (Å²) in [7, 11) is 2.04. The van der Waals surface area contributed by atoms with Gasteiger partial charge in [-0.05, 0) is 68.1 Å². The Balaban J connectivity index is 1.56. The lowest BCUT2D eigenvalue weighted by Gasteiger charge is -2.33. The van der Waals surface area contributed by atoms with Gasteiger partial charge in [0.15, 0.2) is 0 Å². The van der Waals surface area contributed by atoms with Crippen LogP contribution in [-0.2, 0) is 19.0 Å². The molecule has 232 valence electrons. The number of carbonyl (C=O) groups excluding carboxylic acids is 2. The minimum absolute atomic E-state index is 0.0323. The molecular weight excluding hydrogens is 558 g/mol. The van der Waals surface area contributed by atoms with E-state index >= 15 is 0 Å². The Morgan fingerprint density at radius 2 is 1.76 bits per heavy atom. The number of morpholine rings is 1. The quantitative estimate of drug-likeness (QED) is 0.394. The first-order valence-electron chi connectivity index (χ1n) is 15.1. The number of hydrogen-bond acceptors (Lipinski definition) is 8. The molecule has 10 heteroatoms. The third-order valence-electron chi connectivity index (χ3n) is 8.38. The lowest BCUT2D eigenvalue weighted by atomic mass is 9.91. The van der Waals surface area contributed by atoms with E-state index in [2.05, 4.69) is 15.9 Å². The Morgan fingerprint density at radius 3 is 2.48 bits per heavy atom. The van der Waals surface area contributed by atoms with Gasteiger partial charge in [0.25, 0.3) is 0 Å². The molecule has 0 radical (unpaired) electrons. The SMILES string of the molecule is C/C(=C\c1cc(Cl)cc(N2CCOCC2)c1)[C@H]1OC(=O)C[C@H](O)CC[C@H](C)[C@@H](OC(=O)N2CCN(C)CC2)/C=C/[C@@H]1C. The fourth-order valence-corrected chi connectivity index (χ4v) is 5.90. The average molecular weight is 604 g/mol. The summed E-state index contributed by atoms with van der Waals surface area (Å²) in [5, 5.41) is 11.2. The van der Waals surface area contributed by atoms with Crippen molar-refractivity contribution in [2.75, 3.05) is 64.4 Å². The molecule has 42 heavy (non-hydrogen) atoms. The molecule has 0 aliphatic carbocycles. The summed E-state index contributed by atoms with van der Waals surface area (Å²) in [6, 6.07) is 5.93. The Labute approximate surface area is 255 Å². The fourth-order valence-electron chi connectivity index (χ4n) is 5.66. The van der Waals surface area contributed by atoms with Crippen molar-refractivity contribution in [3.05, 3.63) is 46.5 Å². The van der Waals surface area contributed by atoms with E-state index in [1.165, 1.54) is 0 Å². The van der Waals surface area contributed by atoms with Crippen LogP contribution < -0.4 is 4.90 Å². The van der Waals surface area contributed by atoms with Crippen LogP contribution in [0.15, 0.2) is 35.9 Å². The molecule has 1 amide bonds. The molecule has 3 heterocycles. The number of piperazine rings is 1. The number of rotatable bonds is 4. The second kappa shape index (κ2) is 15.2. The number of nitrogens with zero attached hydrogens (tertiary/aromatic N) is 3. The van der Waals surface area contributed by atoms with Gasteiger partial charge in [0.05, 0.1) is 25.7 Å². The van der Waals surface area contributed by atoms with Crippen LogP contribution in [0.4, 0.5) is 10.5 Å². The molecule has 1 aromatic rings. The first kappa shape index (κ1) is 32.3. The molecule has 3 aliphatic heterocycles. The smallest absolute Gasteiger partial charge is 0.410 e. The maximum Gasteiger partial charge on any atom is 0.410 e. The van der Waals surface area contributed by atoms with E-state index < -0.39 is 24.3 Å². The molecular formula is C32H46ClN3O6. The molecule has 0 aromatic heterocycles. The number of aliphatic hydroxyl groups is 1. The number of ether oxygens (including phenoxy) is 3. The van der Waals surface area contributed by atoms with Gasteiger partial charge in [0, 0.05) is 55.9 Å². The van der Waals surface area contributed by atoms with E-state index in [1.807, 2.05) is 58.2 Å². The predicted octanol–water partition coefficient (Wildman–Crippen LogP) is 4.62. The number of esters is 1. The van der Waals surface area contributed by atoms with Gasteiger partial charge in [0.2, 0.25) is 0 Å². The Kier molecular flexibility index (Phi) is 11.7. The van der Waals surface area contributed by atoms with E-state index in [0.29, 0.717) is 44.2 Å². The topological polar surface area (TPSA) is 91.8 Å². The zero-order valence-corrected chi connectivity index (χ0v) is 26.1. The van der Waals surface area contributed by atoms with Crippen molar-refractivity contribution in [3.63, 3.8) is 0 Å². The Hall–Kier alpha value is -2.59. The third kappa shape index (κ3) is 9.20. The highest BCUT2D eigenvalue weighted by molar-refractivity contribution is 6.31. The minimum Gasteiger partial charge on any atom is -0.457 e. The molecule has 0 saturated carbocycles. The van der Waals surface area contributed by atoms with Crippen molar-refractivity contribution in [2.24, 2.45) is 11.8 Å². The molecule has 2 fully saturated rings. The van der Waals surface area contributed by atoms with Crippen molar-refractivity contribution in [1.29, 1.82) is 0 Å². The lowest BCUT2D eigenvalue weighted by Crippen LogP contribution is -2.48. The van der Waals surface area contributed by atoms with E-state index in [1.54, 1.807) is 4.90 Å². The number of halogens is 1. The summed E-state index contributed by atoms with van der Waals surface area (Å²) in [6.07, 6.45) is 4.63. The van der Waals surface area contributed by atoms with Gasteiger partial charge in [-0.2, -0.15) is 0 Å². The van der Waals surface area contributed by atoms with Crippen molar-refractivity contribution >= 4 is 35.4 Å². The number of cyclic esters (lactones) is 1. The standard InChI is InChI=1S/C32H46ClN3O6/c1-22-5-7-28(37)21-30(38)42-31(23(2)6-8-29(22)41-32(39)36-11-9-34(4)10-12-36)24(3)17-25-18-26(33)20-27(19-25)35-13-15-40-16-14-35/h6,8,17-20,22-23,28-29,31,37H,5,7,9-16,21H2,1-4H3/b8-6+,24-17+/t22-,23-,28+,29-,31-/m0/s1. The number of amides is 1. The van der Waals surface area contributed by atoms with Crippen molar-refractivity contribution in [2.45, 2.75) is 58.3 Å². The molecule has 0 bridgehead atoms. The summed E-state index contributed by atoms with van der Waals surface area (Å²) >= 11 is 6.50. The molecule has 1 N–H and O–H groups in total. The van der Waals surface area contributed by atoms with E-state index in [9.17, 15) is 14.7 Å². The molecule has 0 unspecified atom stereocenters. The zero-order chi connectivity index (χ0) is 30.2. The van der Waals surface area contributed by atoms with Crippen LogP contribution in [0, 0.1) is 11.8 Å². The number of anilines is 1. The first-order valence-corrected chi connectivity index (χ1v) is 15.5. The highest BCUT2D eigenvalue weighted by Gasteiger charge is 2.29. The van der Waals surface area contributed by atoms with Gasteiger partial charge < -0.3 is 34.0 Å². The Morgan fingerprint density at radius 1 is 1.05 bits per heavy atom. The summed E-state index contributed by atoms with van der Waals surface area (Å²) in [4.78, 5) is 32.1. The molecule has 2 saturated heterocycles. The molecule has 0 spiro atoms. The summed E-state index contributed by atoms with van der Waals surface area (Å²) < 4.78 is 17.5. The maximum atomic E-state index is 13.0. The lowest BCUT2D eigenvalue weighted by molar-refractivity contribution is -0.151. The van der Waals surface area contributed by atoms with Crippen LogP contribution >= 0.6 is 11.6 Å². The number of aliphatic hydroxyl groups excluding tert-OH is 1. The highest BCUT2D eigenvalue weighted by atomic mass is 35.5. The van der Waals surface area contributed by atoms with Crippen LogP contribution in [0.3, 0.4) is 0 Å². The monoisotopic (exact) mass is 603 g/mol. The summed E-state index contributed by atoms with van der Waals surface area (Å²) in [5.41, 5.74) is 2.78. The zero-order valence-electron chi connectivity index (χ0n) is 25.3. The minimum atomic E-state index is -0.832. The largest absolute Gasteiger partial charge is 0.457 e. The average Bonchev–Trinajstić information content (AvgIpc) is 2.96. The van der Waals surface area contributed by atoms with E-state index in [4.69, 9.17) is 25.8 Å². The summed E-state index contributed by atoms with van der Waals surface area (Å²) in [6.45, 7) is 11.8. The normalized spacial score (nSPS) is 29.7. The molecule has 5 atom stereocenters. The van der Waals surface area contributed by atoms with Gasteiger partial charge in [-0.25, -0.2) is 4.79 Å². The van der Waals surface area contributed by atoms with Gasteiger partial charge in [-0.15, -0.1) is 0 Å². The summed E-state index contributed by atoms with van der Waals surface area (Å²) in [5.74, 6) is -0.682. The highest BCUT2D eigenvalue weighted by Crippen LogP contribution is 2.28. The van der Waals surface area contributed by atoms with Crippen LogP contribution in [0.5, 0.6) is 0 Å².